The van der Waals surface area contributed by atoms with Gasteiger partial charge < -0.3 is 9.57 Å². The third kappa shape index (κ3) is 3.97. The maximum atomic E-state index is 11.5. The normalized spacial score (nSPS) is 10.8. The first-order chi connectivity index (χ1) is 6.17. The van der Waals surface area contributed by atoms with Crippen LogP contribution in [0.5, 0.6) is 0 Å². The largest absolute Gasteiger partial charge is 0.464 e. The summed E-state index contributed by atoms with van der Waals surface area (Å²) in [4.78, 5) is 25.7. The third-order valence-electron chi connectivity index (χ3n) is 0.969. The molecule has 0 aromatic heterocycles. The summed E-state index contributed by atoms with van der Waals surface area (Å²) in [5.41, 5.74) is -0.572. The fourth-order valence-electron chi connectivity index (χ4n) is 0.451. The molecule has 0 N–H and O–H groups in total. The first-order valence-corrected chi connectivity index (χ1v) is 4.23. The first-order valence-electron chi connectivity index (χ1n) is 3.10. The third-order valence-corrected chi connectivity index (χ3v) is 1.48. The van der Waals surface area contributed by atoms with E-state index in [4.69, 9.17) is 0 Å². The molecule has 0 aliphatic heterocycles. The van der Waals surface area contributed by atoms with Crippen molar-refractivity contribution in [3.63, 3.8) is 0 Å². The molecule has 0 aromatic rings. The van der Waals surface area contributed by atoms with Gasteiger partial charge in [0.05, 0.1) is 12.4 Å². The molecule has 74 valence electrons. The predicted octanol–water partition coefficient (Wildman–Crippen LogP) is 0.423. The molecule has 0 spiro atoms. The maximum Gasteiger partial charge on any atom is 0.363 e. The number of ketones is 1. The van der Waals surface area contributed by atoms with Gasteiger partial charge in [-0.2, -0.15) is 0 Å². The van der Waals surface area contributed by atoms with Gasteiger partial charge in [-0.25, -0.2) is 9.18 Å². The van der Waals surface area contributed by atoms with Crippen LogP contribution in [0.15, 0.2) is 5.16 Å². The molecule has 0 bridgehead atoms. The van der Waals surface area contributed by atoms with E-state index >= 15 is 0 Å². The van der Waals surface area contributed by atoms with Crippen molar-refractivity contribution in [2.75, 3.05) is 19.3 Å². The van der Waals surface area contributed by atoms with Crippen LogP contribution in [0.25, 0.3) is 0 Å². The zero-order valence-corrected chi connectivity index (χ0v) is 8.34. The monoisotopic (exact) mass is 255 g/mol. The number of rotatable bonds is 5. The van der Waals surface area contributed by atoms with E-state index in [2.05, 4.69) is 30.7 Å². The molecule has 0 saturated heterocycles. The molecule has 13 heavy (non-hydrogen) atoms. The highest BCUT2D eigenvalue weighted by Gasteiger charge is 2.20. The molecular weight excluding hydrogens is 249 g/mol. The van der Waals surface area contributed by atoms with E-state index in [1.807, 2.05) is 0 Å². The lowest BCUT2D eigenvalue weighted by atomic mass is 10.3. The molecule has 0 aromatic carbocycles. The van der Waals surface area contributed by atoms with Gasteiger partial charge in [-0.05, 0) is 0 Å². The van der Waals surface area contributed by atoms with E-state index in [-0.39, 0.29) is 5.33 Å². The van der Waals surface area contributed by atoms with Crippen LogP contribution in [-0.4, -0.2) is 36.8 Å². The quantitative estimate of drug-likeness (QED) is 0.235. The summed E-state index contributed by atoms with van der Waals surface area (Å²) in [6.07, 6.45) is 0. The summed E-state index contributed by atoms with van der Waals surface area (Å²) in [6.45, 7) is -1.21. The van der Waals surface area contributed by atoms with E-state index in [9.17, 15) is 14.0 Å². The summed E-state index contributed by atoms with van der Waals surface area (Å²) < 4.78 is 15.7. The van der Waals surface area contributed by atoms with Crippen LogP contribution in [0.4, 0.5) is 4.39 Å². The summed E-state index contributed by atoms with van der Waals surface area (Å²) >= 11 is 2.82. The predicted molar refractivity (Wildman–Crippen MR) is 45.3 cm³/mol. The van der Waals surface area contributed by atoms with E-state index in [1.54, 1.807) is 0 Å². The van der Waals surface area contributed by atoms with Crippen molar-refractivity contribution >= 4 is 33.4 Å². The minimum atomic E-state index is -1.21. The average Bonchev–Trinajstić information content (AvgIpc) is 2.17. The minimum absolute atomic E-state index is 0.115. The van der Waals surface area contributed by atoms with E-state index in [0.29, 0.717) is 0 Å². The summed E-state index contributed by atoms with van der Waals surface area (Å²) in [7, 11) is 1.08. The Hall–Kier alpha value is -0.980. The van der Waals surface area contributed by atoms with Crippen LogP contribution < -0.4 is 0 Å². The molecule has 0 heterocycles. The van der Waals surface area contributed by atoms with Crippen LogP contribution in [-0.2, 0) is 19.2 Å². The number of carbonyl (C=O) groups excluding carboxylic acids is 2. The van der Waals surface area contributed by atoms with Crippen molar-refractivity contribution in [1.29, 1.82) is 0 Å². The Morgan fingerprint density at radius 2 is 2.15 bits per heavy atom. The van der Waals surface area contributed by atoms with Crippen LogP contribution in [0.2, 0.25) is 0 Å². The van der Waals surface area contributed by atoms with Gasteiger partial charge in [0.1, 0.15) is 0 Å². The molecule has 7 heteroatoms. The van der Waals surface area contributed by atoms with E-state index in [1.165, 1.54) is 0 Å². The van der Waals surface area contributed by atoms with Gasteiger partial charge in [0.15, 0.2) is 0 Å². The Morgan fingerprint density at radius 3 is 2.54 bits per heavy atom. The Kier molecular flexibility index (Phi) is 6.03. The minimum Gasteiger partial charge on any atom is -0.464 e. The number of carbonyl (C=O) groups is 2. The molecule has 0 aliphatic carbocycles. The van der Waals surface area contributed by atoms with Crippen LogP contribution in [0, 0.1) is 0 Å². The lowest BCUT2D eigenvalue weighted by molar-refractivity contribution is -0.133. The number of methoxy groups -OCH3 is 1. The number of esters is 1. The molecule has 5 nitrogen and oxygen atoms in total. The fourth-order valence-corrected chi connectivity index (χ4v) is 0.716. The van der Waals surface area contributed by atoms with Gasteiger partial charge in [-0.15, -0.1) is 0 Å². The molecule has 0 rings (SSSR count). The summed E-state index contributed by atoms with van der Waals surface area (Å²) in [5, 5.41) is 2.86. The van der Waals surface area contributed by atoms with Crippen LogP contribution >= 0.6 is 15.9 Å². The Bertz CT molecular complexity index is 213. The number of Topliss-reactive ketones (excluding diaryl/α,β-unsaturated/α-hetero) is 1. The average molecular weight is 256 g/mol. The van der Waals surface area contributed by atoms with E-state index in [0.717, 1.165) is 7.11 Å². The number of nitrogens with zero attached hydrogens (tertiary/aromatic N) is 1. The second-order valence-corrected chi connectivity index (χ2v) is 2.29. The smallest absolute Gasteiger partial charge is 0.363 e. The highest BCUT2D eigenvalue weighted by molar-refractivity contribution is 9.09. The van der Waals surface area contributed by atoms with Gasteiger partial charge >= 0.3 is 5.97 Å². The van der Waals surface area contributed by atoms with Crippen molar-refractivity contribution in [2.45, 2.75) is 0 Å². The van der Waals surface area contributed by atoms with Crippen molar-refractivity contribution in [1.82, 2.24) is 0 Å². The number of alkyl halides is 2. The zero-order chi connectivity index (χ0) is 10.3. The Labute approximate surface area is 82.0 Å². The first kappa shape index (κ1) is 12.0. The van der Waals surface area contributed by atoms with Crippen molar-refractivity contribution in [2.24, 2.45) is 5.16 Å². The standard InChI is InChI=1S/C6H7BrFNO4/c1-12-6(11)5(4(10)2-7)9-13-3-8/h2-3H2,1H3/b9-5+. The molecule has 0 fully saturated rings. The Morgan fingerprint density at radius 1 is 1.54 bits per heavy atom. The number of ether oxygens (including phenoxy) is 1. The van der Waals surface area contributed by atoms with Gasteiger partial charge in [0.25, 0.3) is 6.86 Å². The van der Waals surface area contributed by atoms with Crippen molar-refractivity contribution < 1.29 is 23.6 Å². The molecule has 0 saturated carbocycles. The maximum absolute atomic E-state index is 11.5. The van der Waals surface area contributed by atoms with Crippen LogP contribution in [0.1, 0.15) is 0 Å². The molecule has 0 amide bonds. The summed E-state index contributed by atoms with van der Waals surface area (Å²) in [5.74, 6) is -1.60. The molecular formula is C6H7BrFNO4. The van der Waals surface area contributed by atoms with Gasteiger partial charge in [0.2, 0.25) is 11.5 Å². The fraction of sp³-hybridized carbons (Fsp3) is 0.500. The number of hydrogen-bond acceptors (Lipinski definition) is 5. The van der Waals surface area contributed by atoms with Crippen molar-refractivity contribution in [3.05, 3.63) is 0 Å². The number of halogens is 2. The highest BCUT2D eigenvalue weighted by atomic mass is 79.9. The number of hydrogen-bond donors (Lipinski definition) is 0. The van der Waals surface area contributed by atoms with Gasteiger partial charge in [-0.1, -0.05) is 21.1 Å². The SMILES string of the molecule is COC(=O)/C(=N/OCF)C(=O)CBr. The molecule has 0 atom stereocenters. The van der Waals surface area contributed by atoms with Crippen molar-refractivity contribution in [3.8, 4) is 0 Å². The van der Waals surface area contributed by atoms with Crippen LogP contribution in [0.3, 0.4) is 0 Å². The lowest BCUT2D eigenvalue weighted by Crippen LogP contribution is -2.26. The van der Waals surface area contributed by atoms with E-state index < -0.39 is 24.3 Å². The lowest BCUT2D eigenvalue weighted by Gasteiger charge is -1.99. The Balaban J connectivity index is 4.54. The highest BCUT2D eigenvalue weighted by Crippen LogP contribution is 1.92. The topological polar surface area (TPSA) is 65.0 Å². The summed E-state index contributed by atoms with van der Waals surface area (Å²) in [6, 6.07) is 0. The number of oxime groups is 1. The van der Waals surface area contributed by atoms with Gasteiger partial charge in [0, 0.05) is 0 Å². The second-order valence-electron chi connectivity index (χ2n) is 1.73. The zero-order valence-electron chi connectivity index (χ0n) is 6.75. The molecule has 0 radical (unpaired) electrons. The van der Waals surface area contributed by atoms with Gasteiger partial charge in [-0.3, -0.25) is 4.79 Å². The molecule has 0 aliphatic rings. The molecule has 0 unspecified atom stereocenters. The second kappa shape index (κ2) is 6.53.